The molecule has 1 amide bonds. The molecule has 0 saturated carbocycles. The molecule has 4 rings (SSSR count). The first-order chi connectivity index (χ1) is 16.2. The van der Waals surface area contributed by atoms with E-state index in [-0.39, 0.29) is 17.1 Å². The van der Waals surface area contributed by atoms with Crippen LogP contribution in [0.1, 0.15) is 21.7 Å². The summed E-state index contributed by atoms with van der Waals surface area (Å²) in [6.45, 7) is 0. The summed E-state index contributed by atoms with van der Waals surface area (Å²) in [6.07, 6.45) is -1.40. The minimum Gasteiger partial charge on any atom is -0.321 e. The average molecular weight is 525 g/mol. The van der Waals surface area contributed by atoms with Gasteiger partial charge >= 0.3 is 6.18 Å². The van der Waals surface area contributed by atoms with Crippen LogP contribution in [-0.2, 0) is 11.9 Å². The Morgan fingerprint density at radius 1 is 1.03 bits per heavy atom. The van der Waals surface area contributed by atoms with Gasteiger partial charge in [-0.15, -0.1) is 5.10 Å². The number of aromatic nitrogens is 5. The second-order valence-corrected chi connectivity index (χ2v) is 8.59. The zero-order valence-electron chi connectivity index (χ0n) is 16.9. The summed E-state index contributed by atoms with van der Waals surface area (Å²) in [5, 5.41) is 11.6. The van der Waals surface area contributed by atoms with Crippen molar-refractivity contribution in [2.45, 2.75) is 17.1 Å². The fourth-order valence-corrected chi connectivity index (χ4v) is 4.24. The number of anilines is 1. The minimum absolute atomic E-state index is 0.0369. The van der Waals surface area contributed by atoms with E-state index in [1.807, 2.05) is 0 Å². The summed E-state index contributed by atoms with van der Waals surface area (Å²) >= 11 is 13.4. The lowest BCUT2D eigenvalue weighted by Gasteiger charge is -2.11. The number of alkyl halides is 3. The van der Waals surface area contributed by atoms with Crippen LogP contribution in [0, 0.1) is 0 Å². The molecule has 0 spiro atoms. The maximum Gasteiger partial charge on any atom is 0.416 e. The third-order valence-electron chi connectivity index (χ3n) is 4.40. The molecule has 34 heavy (non-hydrogen) atoms. The van der Waals surface area contributed by atoms with Crippen LogP contribution in [0.5, 0.6) is 0 Å². The Kier molecular flexibility index (Phi) is 7.05. The van der Waals surface area contributed by atoms with Crippen LogP contribution in [-0.4, -0.2) is 30.9 Å². The summed E-state index contributed by atoms with van der Waals surface area (Å²) in [6, 6.07) is 10.7. The Morgan fingerprint density at radius 2 is 1.74 bits per heavy atom. The van der Waals surface area contributed by atoms with Crippen molar-refractivity contribution < 1.29 is 18.0 Å². The predicted octanol–water partition coefficient (Wildman–Crippen LogP) is 5.93. The zero-order valence-corrected chi connectivity index (χ0v) is 19.3. The van der Waals surface area contributed by atoms with E-state index in [2.05, 4.69) is 25.6 Å². The van der Waals surface area contributed by atoms with Gasteiger partial charge < -0.3 is 5.32 Å². The molecule has 0 aliphatic carbocycles. The zero-order chi connectivity index (χ0) is 24.3. The molecule has 174 valence electrons. The number of rotatable bonds is 6. The highest BCUT2D eigenvalue weighted by Gasteiger charge is 2.31. The Morgan fingerprint density at radius 3 is 2.41 bits per heavy atom. The molecule has 0 saturated heterocycles. The number of carbonyl (C=O) groups excluding carboxylic acids is 1. The van der Waals surface area contributed by atoms with Crippen LogP contribution in [0.15, 0.2) is 66.1 Å². The molecule has 7 nitrogen and oxygen atoms in total. The standard InChI is InChI=1S/C21H13Cl2F3N6OS/c22-13-8-14(23)10-16(9-13)32-17(11-34-20-27-5-2-6-28-20)18(30-31-32)19(33)29-15-4-1-3-12(7-15)21(24,25)26/h1-10H,11H2,(H,29,33). The molecule has 0 atom stereocenters. The number of carbonyl (C=O) groups is 1. The molecule has 0 aliphatic rings. The van der Waals surface area contributed by atoms with Crippen molar-refractivity contribution >= 4 is 46.6 Å². The molecule has 4 aromatic rings. The van der Waals surface area contributed by atoms with Crippen LogP contribution in [0.25, 0.3) is 5.69 Å². The lowest BCUT2D eigenvalue weighted by molar-refractivity contribution is -0.137. The molecular weight excluding hydrogens is 512 g/mol. The van der Waals surface area contributed by atoms with E-state index in [1.165, 1.54) is 34.6 Å². The first-order valence-electron chi connectivity index (χ1n) is 9.50. The lowest BCUT2D eigenvalue weighted by atomic mass is 10.2. The Labute approximate surface area is 205 Å². The topological polar surface area (TPSA) is 85.6 Å². The second-order valence-electron chi connectivity index (χ2n) is 6.78. The number of benzene rings is 2. The molecule has 2 aromatic carbocycles. The van der Waals surface area contributed by atoms with Crippen LogP contribution in [0.4, 0.5) is 18.9 Å². The van der Waals surface area contributed by atoms with Crippen molar-refractivity contribution in [1.82, 2.24) is 25.0 Å². The number of hydrogen-bond donors (Lipinski definition) is 1. The number of thioether (sulfide) groups is 1. The van der Waals surface area contributed by atoms with E-state index in [0.29, 0.717) is 26.6 Å². The normalized spacial score (nSPS) is 11.4. The molecule has 0 fully saturated rings. The summed E-state index contributed by atoms with van der Waals surface area (Å²) in [7, 11) is 0. The third kappa shape index (κ3) is 5.66. The van der Waals surface area contributed by atoms with Crippen LogP contribution >= 0.6 is 35.0 Å². The molecule has 0 radical (unpaired) electrons. The average Bonchev–Trinajstić information content (AvgIpc) is 3.21. The van der Waals surface area contributed by atoms with Gasteiger partial charge in [0.2, 0.25) is 0 Å². The lowest BCUT2D eigenvalue weighted by Crippen LogP contribution is -2.16. The number of hydrogen-bond acceptors (Lipinski definition) is 6. The van der Waals surface area contributed by atoms with Gasteiger partial charge in [-0.25, -0.2) is 14.6 Å². The highest BCUT2D eigenvalue weighted by atomic mass is 35.5. The van der Waals surface area contributed by atoms with Gasteiger partial charge in [0, 0.05) is 33.9 Å². The number of nitrogens with zero attached hydrogens (tertiary/aromatic N) is 5. The molecule has 1 N–H and O–H groups in total. The summed E-state index contributed by atoms with van der Waals surface area (Å²) in [5.74, 6) is -0.560. The number of halogens is 5. The van der Waals surface area contributed by atoms with Gasteiger partial charge in [-0.05, 0) is 42.5 Å². The van der Waals surface area contributed by atoms with Crippen molar-refractivity contribution in [3.8, 4) is 5.69 Å². The molecule has 0 unspecified atom stereocenters. The van der Waals surface area contributed by atoms with Gasteiger partial charge in [0.05, 0.1) is 16.9 Å². The maximum atomic E-state index is 13.0. The Bertz CT molecular complexity index is 1310. The fraction of sp³-hybridized carbons (Fsp3) is 0.0952. The van der Waals surface area contributed by atoms with Crippen molar-refractivity contribution in [3.63, 3.8) is 0 Å². The second kappa shape index (κ2) is 10.00. The first kappa shape index (κ1) is 24.0. The van der Waals surface area contributed by atoms with Gasteiger partial charge in [0.15, 0.2) is 10.9 Å². The largest absolute Gasteiger partial charge is 0.416 e. The monoisotopic (exact) mass is 524 g/mol. The number of nitrogens with one attached hydrogen (secondary N) is 1. The van der Waals surface area contributed by atoms with Gasteiger partial charge in [-0.1, -0.05) is 46.2 Å². The molecule has 0 aliphatic heterocycles. The number of amides is 1. The van der Waals surface area contributed by atoms with Crippen LogP contribution in [0.2, 0.25) is 10.0 Å². The van der Waals surface area contributed by atoms with Crippen LogP contribution < -0.4 is 5.32 Å². The van der Waals surface area contributed by atoms with E-state index in [0.717, 1.165) is 12.1 Å². The third-order valence-corrected chi connectivity index (χ3v) is 5.72. The van der Waals surface area contributed by atoms with Gasteiger partial charge in [-0.3, -0.25) is 4.79 Å². The first-order valence-corrected chi connectivity index (χ1v) is 11.2. The SMILES string of the molecule is O=C(Nc1cccc(C(F)(F)F)c1)c1nnn(-c2cc(Cl)cc(Cl)c2)c1CSc1ncccn1. The summed E-state index contributed by atoms with van der Waals surface area (Å²) in [4.78, 5) is 21.3. The van der Waals surface area contributed by atoms with E-state index in [4.69, 9.17) is 23.2 Å². The molecule has 2 aromatic heterocycles. The van der Waals surface area contributed by atoms with Gasteiger partial charge in [0.25, 0.3) is 5.91 Å². The van der Waals surface area contributed by atoms with E-state index in [1.54, 1.807) is 30.6 Å². The van der Waals surface area contributed by atoms with Crippen LogP contribution in [0.3, 0.4) is 0 Å². The van der Waals surface area contributed by atoms with Crippen molar-refractivity contribution in [3.05, 3.63) is 87.9 Å². The minimum atomic E-state index is -4.55. The summed E-state index contributed by atoms with van der Waals surface area (Å²) < 4.78 is 40.5. The predicted molar refractivity (Wildman–Crippen MR) is 122 cm³/mol. The fourth-order valence-electron chi connectivity index (χ4n) is 2.93. The molecule has 2 heterocycles. The maximum absolute atomic E-state index is 13.0. The van der Waals surface area contributed by atoms with Crippen molar-refractivity contribution in [1.29, 1.82) is 0 Å². The Balaban J connectivity index is 1.68. The quantitative estimate of drug-likeness (QED) is 0.248. The molecule has 13 heteroatoms. The van der Waals surface area contributed by atoms with Crippen molar-refractivity contribution in [2.75, 3.05) is 5.32 Å². The van der Waals surface area contributed by atoms with E-state index < -0.39 is 17.6 Å². The van der Waals surface area contributed by atoms with Crippen molar-refractivity contribution in [2.24, 2.45) is 0 Å². The highest BCUT2D eigenvalue weighted by Crippen LogP contribution is 2.31. The van der Waals surface area contributed by atoms with E-state index >= 15 is 0 Å². The Hall–Kier alpha value is -3.15. The molecular formula is C21H13Cl2F3N6OS. The smallest absolute Gasteiger partial charge is 0.321 e. The van der Waals surface area contributed by atoms with Gasteiger partial charge in [-0.2, -0.15) is 13.2 Å². The van der Waals surface area contributed by atoms with E-state index in [9.17, 15) is 18.0 Å². The van der Waals surface area contributed by atoms with Gasteiger partial charge in [0.1, 0.15) is 0 Å². The highest BCUT2D eigenvalue weighted by molar-refractivity contribution is 7.98. The molecule has 0 bridgehead atoms. The summed E-state index contributed by atoms with van der Waals surface area (Å²) in [5.41, 5.74) is -0.213.